The van der Waals surface area contributed by atoms with Gasteiger partial charge in [0.15, 0.2) is 6.10 Å². The summed E-state index contributed by atoms with van der Waals surface area (Å²) in [5.41, 5.74) is 0.262. The Morgan fingerprint density at radius 2 is 2.06 bits per heavy atom. The van der Waals surface area contributed by atoms with E-state index in [1.54, 1.807) is 6.92 Å². The van der Waals surface area contributed by atoms with E-state index in [2.05, 4.69) is 10.6 Å². The lowest BCUT2D eigenvalue weighted by Gasteiger charge is -2.31. The van der Waals surface area contributed by atoms with Gasteiger partial charge >= 0.3 is 0 Å². The maximum absolute atomic E-state index is 14.0. The number of halogens is 2. The lowest BCUT2D eigenvalue weighted by Crippen LogP contribution is -2.43. The van der Waals surface area contributed by atoms with E-state index in [1.165, 1.54) is 34.6 Å². The first-order chi connectivity index (χ1) is 15.1. The van der Waals surface area contributed by atoms with Crippen molar-refractivity contribution in [1.82, 2.24) is 4.31 Å². The maximum Gasteiger partial charge on any atom is 0.265 e. The highest BCUT2D eigenvalue weighted by atomic mass is 35.5. The fraction of sp³-hybridized carbons (Fsp3) is 0.333. The molecule has 1 saturated heterocycles. The van der Waals surface area contributed by atoms with Gasteiger partial charge in [0.1, 0.15) is 11.6 Å². The van der Waals surface area contributed by atoms with Crippen LogP contribution in [0.25, 0.3) is 0 Å². The summed E-state index contributed by atoms with van der Waals surface area (Å²) in [5.74, 6) is -1.76. The minimum Gasteiger partial charge on any atom is -0.479 e. The number of carbonyl (C=O) groups is 2. The van der Waals surface area contributed by atoms with E-state index in [9.17, 15) is 22.4 Å². The van der Waals surface area contributed by atoms with E-state index in [4.69, 9.17) is 16.3 Å². The van der Waals surface area contributed by atoms with Crippen LogP contribution in [0.3, 0.4) is 0 Å². The number of hydrogen-bond donors (Lipinski definition) is 2. The van der Waals surface area contributed by atoms with Crippen molar-refractivity contribution in [2.75, 3.05) is 23.7 Å². The Kier molecular flexibility index (Phi) is 6.11. The molecule has 2 aromatic rings. The largest absolute Gasteiger partial charge is 0.479 e. The summed E-state index contributed by atoms with van der Waals surface area (Å²) in [5, 5.41) is 5.35. The van der Waals surface area contributed by atoms with Crippen LogP contribution in [0, 0.1) is 11.7 Å². The van der Waals surface area contributed by atoms with Crippen molar-refractivity contribution in [3.05, 3.63) is 47.2 Å². The predicted octanol–water partition coefficient (Wildman–Crippen LogP) is 3.24. The molecule has 2 heterocycles. The van der Waals surface area contributed by atoms with Crippen molar-refractivity contribution < 1.29 is 27.1 Å². The summed E-state index contributed by atoms with van der Waals surface area (Å²) in [4.78, 5) is 24.5. The second-order valence-corrected chi connectivity index (χ2v) is 10.1. The molecule has 2 aromatic carbocycles. The molecule has 2 N–H and O–H groups in total. The molecule has 0 spiro atoms. The van der Waals surface area contributed by atoms with Crippen molar-refractivity contribution in [3.8, 4) is 5.75 Å². The number of sulfonamides is 1. The molecule has 2 aliphatic rings. The van der Waals surface area contributed by atoms with Crippen molar-refractivity contribution in [2.45, 2.75) is 30.8 Å². The van der Waals surface area contributed by atoms with E-state index in [0.717, 1.165) is 6.07 Å². The quantitative estimate of drug-likeness (QED) is 0.697. The van der Waals surface area contributed by atoms with Gasteiger partial charge in [0.25, 0.3) is 5.91 Å². The summed E-state index contributed by atoms with van der Waals surface area (Å²) in [7, 11) is -3.92. The lowest BCUT2D eigenvalue weighted by atomic mass is 9.98. The number of nitrogens with zero attached hydrogens (tertiary/aromatic N) is 1. The molecule has 8 nitrogen and oxygen atoms in total. The molecular formula is C21H21ClFN3O5S. The van der Waals surface area contributed by atoms with Gasteiger partial charge in [-0.3, -0.25) is 9.59 Å². The summed E-state index contributed by atoms with van der Waals surface area (Å²) in [6.07, 6.45) is 0.277. The number of benzene rings is 2. The highest BCUT2D eigenvalue weighted by Crippen LogP contribution is 2.34. The fourth-order valence-corrected chi connectivity index (χ4v) is 5.41. The Morgan fingerprint density at radius 1 is 1.28 bits per heavy atom. The van der Waals surface area contributed by atoms with Crippen LogP contribution in [0.15, 0.2) is 41.3 Å². The Bertz CT molecular complexity index is 1190. The number of piperidine rings is 1. The molecule has 2 amide bonds. The smallest absolute Gasteiger partial charge is 0.265 e. The Hall–Kier alpha value is -2.69. The van der Waals surface area contributed by atoms with Crippen LogP contribution in [0.1, 0.15) is 19.8 Å². The number of rotatable bonds is 4. The second-order valence-electron chi connectivity index (χ2n) is 7.72. The zero-order chi connectivity index (χ0) is 23.0. The molecular weight excluding hydrogens is 461 g/mol. The number of carbonyl (C=O) groups excluding carboxylic acids is 2. The molecule has 0 saturated carbocycles. The summed E-state index contributed by atoms with van der Waals surface area (Å²) in [6.45, 7) is 1.80. The third-order valence-corrected chi connectivity index (χ3v) is 7.56. The first-order valence-electron chi connectivity index (χ1n) is 10.0. The van der Waals surface area contributed by atoms with E-state index >= 15 is 0 Å². The van der Waals surface area contributed by atoms with Crippen molar-refractivity contribution in [1.29, 1.82) is 0 Å². The molecule has 0 radical (unpaired) electrons. The van der Waals surface area contributed by atoms with Gasteiger partial charge < -0.3 is 15.4 Å². The number of hydrogen-bond acceptors (Lipinski definition) is 5. The van der Waals surface area contributed by atoms with Crippen LogP contribution >= 0.6 is 11.6 Å². The number of anilines is 2. The van der Waals surface area contributed by atoms with Gasteiger partial charge in [0.2, 0.25) is 15.9 Å². The highest BCUT2D eigenvalue weighted by Gasteiger charge is 2.34. The van der Waals surface area contributed by atoms with Gasteiger partial charge in [0.05, 0.1) is 22.2 Å². The third kappa shape index (κ3) is 4.43. The molecule has 2 unspecified atom stereocenters. The van der Waals surface area contributed by atoms with E-state index in [0.29, 0.717) is 18.6 Å². The SMILES string of the molecule is CC1Oc2ccc(S(=O)(=O)N3CCCC(C(=O)Nc4ccc(Cl)cc4F)C3)cc2NC1=O. The van der Waals surface area contributed by atoms with Gasteiger partial charge in [-0.25, -0.2) is 12.8 Å². The lowest BCUT2D eigenvalue weighted by molar-refractivity contribution is -0.123. The molecule has 0 aliphatic carbocycles. The Balaban J connectivity index is 1.50. The second kappa shape index (κ2) is 8.68. The molecule has 11 heteroatoms. The number of ether oxygens (including phenoxy) is 1. The first-order valence-corrected chi connectivity index (χ1v) is 11.8. The monoisotopic (exact) mass is 481 g/mol. The standard InChI is InChI=1S/C21H21ClFN3O5S/c1-12-20(27)25-18-10-15(5-7-19(18)31-12)32(29,30)26-8-2-3-13(11-26)21(28)24-17-6-4-14(22)9-16(17)23/h4-7,9-10,12-13H,2-3,8,11H2,1H3,(H,24,28)(H,25,27). The zero-order valence-corrected chi connectivity index (χ0v) is 18.7. The zero-order valence-electron chi connectivity index (χ0n) is 17.1. The normalized spacial score (nSPS) is 21.3. The van der Waals surface area contributed by atoms with Crippen molar-refractivity contribution >= 4 is 44.8 Å². The topological polar surface area (TPSA) is 105 Å². The molecule has 32 heavy (non-hydrogen) atoms. The van der Waals surface area contributed by atoms with E-state index in [-0.39, 0.29) is 40.3 Å². The van der Waals surface area contributed by atoms with Crippen molar-refractivity contribution in [2.24, 2.45) is 5.92 Å². The van der Waals surface area contributed by atoms with Gasteiger partial charge in [-0.2, -0.15) is 4.31 Å². The van der Waals surface area contributed by atoms with Crippen molar-refractivity contribution in [3.63, 3.8) is 0 Å². The number of amides is 2. The minimum absolute atomic E-state index is 0.0143. The van der Waals surface area contributed by atoms with Gasteiger partial charge in [-0.15, -0.1) is 0 Å². The maximum atomic E-state index is 14.0. The fourth-order valence-electron chi connectivity index (χ4n) is 3.70. The molecule has 2 aliphatic heterocycles. The van der Waals surface area contributed by atoms with Gasteiger partial charge in [-0.05, 0) is 56.2 Å². The average Bonchev–Trinajstić information content (AvgIpc) is 2.76. The van der Waals surface area contributed by atoms with E-state index in [1.807, 2.05) is 0 Å². The Labute approximate surface area is 189 Å². The average molecular weight is 482 g/mol. The van der Waals surface area contributed by atoms with Crippen LogP contribution in [0.2, 0.25) is 5.02 Å². The summed E-state index contributed by atoms with van der Waals surface area (Å²) < 4.78 is 47.1. The van der Waals surface area contributed by atoms with Crippen LogP contribution in [0.5, 0.6) is 5.75 Å². The first kappa shape index (κ1) is 22.5. The number of fused-ring (bicyclic) bond motifs is 1. The molecule has 2 atom stereocenters. The molecule has 0 aromatic heterocycles. The molecule has 4 rings (SSSR count). The highest BCUT2D eigenvalue weighted by molar-refractivity contribution is 7.89. The minimum atomic E-state index is -3.92. The van der Waals surface area contributed by atoms with Crippen LogP contribution in [-0.4, -0.2) is 43.7 Å². The summed E-state index contributed by atoms with van der Waals surface area (Å²) in [6, 6.07) is 8.16. The van der Waals surface area contributed by atoms with Gasteiger partial charge in [0, 0.05) is 18.1 Å². The van der Waals surface area contributed by atoms with Crippen LogP contribution < -0.4 is 15.4 Å². The van der Waals surface area contributed by atoms with E-state index < -0.39 is 33.8 Å². The van der Waals surface area contributed by atoms with Crippen LogP contribution in [-0.2, 0) is 19.6 Å². The Morgan fingerprint density at radius 3 is 2.81 bits per heavy atom. The van der Waals surface area contributed by atoms with Crippen LogP contribution in [0.4, 0.5) is 15.8 Å². The molecule has 1 fully saturated rings. The predicted molar refractivity (Wildman–Crippen MR) is 117 cm³/mol. The van der Waals surface area contributed by atoms with Gasteiger partial charge in [-0.1, -0.05) is 11.6 Å². The number of nitrogens with one attached hydrogen (secondary N) is 2. The molecule has 170 valence electrons. The third-order valence-electron chi connectivity index (χ3n) is 5.46. The summed E-state index contributed by atoms with van der Waals surface area (Å²) >= 11 is 5.73. The molecule has 0 bridgehead atoms.